The predicted octanol–water partition coefficient (Wildman–Crippen LogP) is 4.15. The lowest BCUT2D eigenvalue weighted by Gasteiger charge is -2.13. The van der Waals surface area contributed by atoms with E-state index in [1.807, 2.05) is 54.6 Å². The molecule has 0 heterocycles. The molecule has 6 heteroatoms. The summed E-state index contributed by atoms with van der Waals surface area (Å²) >= 11 is 6.93. The molecule has 0 aliphatic heterocycles. The van der Waals surface area contributed by atoms with Crippen LogP contribution >= 0.6 is 24.0 Å². The van der Waals surface area contributed by atoms with Gasteiger partial charge in [-0.2, -0.15) is 0 Å². The van der Waals surface area contributed by atoms with Crippen LogP contribution in [-0.4, -0.2) is 23.9 Å². The van der Waals surface area contributed by atoms with E-state index >= 15 is 0 Å². The second kappa shape index (κ2) is 9.17. The first-order valence-electron chi connectivity index (χ1n) is 7.11. The van der Waals surface area contributed by atoms with Crippen LogP contribution in [-0.2, 0) is 9.53 Å². The van der Waals surface area contributed by atoms with E-state index in [0.717, 1.165) is 16.3 Å². The van der Waals surface area contributed by atoms with E-state index < -0.39 is 0 Å². The number of anilines is 2. The van der Waals surface area contributed by atoms with Crippen molar-refractivity contribution in [3.8, 4) is 0 Å². The Morgan fingerprint density at radius 1 is 1.09 bits per heavy atom. The molecule has 0 saturated carbocycles. The predicted molar refractivity (Wildman–Crippen MR) is 100 cm³/mol. The van der Waals surface area contributed by atoms with Crippen molar-refractivity contribution >= 4 is 46.4 Å². The molecule has 0 spiro atoms. The van der Waals surface area contributed by atoms with E-state index in [9.17, 15) is 4.79 Å². The lowest BCUT2D eigenvalue weighted by molar-refractivity contribution is -0.140. The molecular formula is C17H18N2O2S2. The lowest BCUT2D eigenvalue weighted by Crippen LogP contribution is -2.19. The third kappa shape index (κ3) is 5.92. The summed E-state index contributed by atoms with van der Waals surface area (Å²) in [6, 6.07) is 17.6. The maximum Gasteiger partial charge on any atom is 0.306 e. The molecule has 4 nitrogen and oxygen atoms in total. The van der Waals surface area contributed by atoms with Crippen LogP contribution in [0.2, 0.25) is 0 Å². The van der Waals surface area contributed by atoms with Crippen molar-refractivity contribution in [3.63, 3.8) is 0 Å². The molecule has 2 aromatic carbocycles. The summed E-state index contributed by atoms with van der Waals surface area (Å²) in [6.45, 7) is 0. The van der Waals surface area contributed by atoms with Crippen LogP contribution in [0.4, 0.5) is 11.4 Å². The topological polar surface area (TPSA) is 50.4 Å². The van der Waals surface area contributed by atoms with Gasteiger partial charge in [-0.25, -0.2) is 0 Å². The zero-order valence-electron chi connectivity index (χ0n) is 12.7. The van der Waals surface area contributed by atoms with E-state index in [1.54, 1.807) is 11.8 Å². The monoisotopic (exact) mass is 346 g/mol. The van der Waals surface area contributed by atoms with Crippen molar-refractivity contribution in [2.75, 3.05) is 23.5 Å². The number of para-hydroxylation sites is 2. The van der Waals surface area contributed by atoms with Gasteiger partial charge in [0.2, 0.25) is 0 Å². The van der Waals surface area contributed by atoms with Crippen LogP contribution in [0.5, 0.6) is 0 Å². The molecular weight excluding hydrogens is 328 g/mol. The number of hydrogen-bond donors (Lipinski definition) is 2. The van der Waals surface area contributed by atoms with Gasteiger partial charge in [0.1, 0.15) is 0 Å². The molecule has 0 aromatic heterocycles. The molecule has 0 unspecified atom stereocenters. The van der Waals surface area contributed by atoms with E-state index in [-0.39, 0.29) is 5.97 Å². The van der Waals surface area contributed by atoms with E-state index in [4.69, 9.17) is 12.2 Å². The molecule has 0 aliphatic carbocycles. The average molecular weight is 346 g/mol. The summed E-state index contributed by atoms with van der Waals surface area (Å²) in [6.07, 6.45) is 0.377. The standard InChI is InChI=1S/C17H18N2O2S2/c1-21-16(20)11-12-23-15-10-6-5-9-14(15)19-17(22)18-13-7-3-2-4-8-13/h2-10H,11-12H2,1H3,(H2,18,19,22). The Balaban J connectivity index is 1.94. The fraction of sp³-hybridized carbons (Fsp3) is 0.176. The summed E-state index contributed by atoms with van der Waals surface area (Å²) in [4.78, 5) is 12.2. The summed E-state index contributed by atoms with van der Waals surface area (Å²) in [5.41, 5.74) is 1.84. The zero-order chi connectivity index (χ0) is 16.5. The fourth-order valence-electron chi connectivity index (χ4n) is 1.85. The summed E-state index contributed by atoms with van der Waals surface area (Å²) in [5, 5.41) is 6.86. The number of ether oxygens (including phenoxy) is 1. The molecule has 120 valence electrons. The van der Waals surface area contributed by atoms with Gasteiger partial charge < -0.3 is 15.4 Å². The molecule has 2 aromatic rings. The van der Waals surface area contributed by atoms with Crippen molar-refractivity contribution in [1.29, 1.82) is 0 Å². The highest BCUT2D eigenvalue weighted by atomic mass is 32.2. The zero-order valence-corrected chi connectivity index (χ0v) is 14.4. The first-order chi connectivity index (χ1) is 11.2. The van der Waals surface area contributed by atoms with Gasteiger partial charge in [0, 0.05) is 16.3 Å². The number of carbonyl (C=O) groups excluding carboxylic acids is 1. The maximum absolute atomic E-state index is 11.2. The summed E-state index contributed by atoms with van der Waals surface area (Å²) in [5.74, 6) is 0.453. The molecule has 0 radical (unpaired) electrons. The highest BCUT2D eigenvalue weighted by Gasteiger charge is 2.06. The van der Waals surface area contributed by atoms with Gasteiger partial charge in [-0.05, 0) is 36.5 Å². The fourth-order valence-corrected chi connectivity index (χ4v) is 3.01. The molecule has 0 aliphatic rings. The van der Waals surface area contributed by atoms with E-state index in [2.05, 4.69) is 15.4 Å². The third-order valence-electron chi connectivity index (χ3n) is 2.96. The third-order valence-corrected chi connectivity index (χ3v) is 4.24. The lowest BCUT2D eigenvalue weighted by atomic mass is 10.3. The number of rotatable bonds is 6. The van der Waals surface area contributed by atoms with Crippen molar-refractivity contribution in [2.24, 2.45) is 0 Å². The largest absolute Gasteiger partial charge is 0.469 e. The number of benzene rings is 2. The Morgan fingerprint density at radius 3 is 2.52 bits per heavy atom. The highest BCUT2D eigenvalue weighted by Crippen LogP contribution is 2.27. The Hall–Kier alpha value is -2.05. The SMILES string of the molecule is COC(=O)CCSc1ccccc1NC(=S)Nc1ccccc1. The molecule has 2 N–H and O–H groups in total. The van der Waals surface area contributed by atoms with Crippen molar-refractivity contribution in [2.45, 2.75) is 11.3 Å². The van der Waals surface area contributed by atoms with Gasteiger partial charge >= 0.3 is 5.97 Å². The smallest absolute Gasteiger partial charge is 0.306 e. The van der Waals surface area contributed by atoms with Gasteiger partial charge in [-0.15, -0.1) is 11.8 Å². The number of thioether (sulfide) groups is 1. The van der Waals surface area contributed by atoms with Gasteiger partial charge in [0.25, 0.3) is 0 Å². The number of nitrogens with one attached hydrogen (secondary N) is 2. The number of methoxy groups -OCH3 is 1. The molecule has 0 fully saturated rings. The Labute approximate surface area is 145 Å². The van der Waals surface area contributed by atoms with Crippen LogP contribution in [0.3, 0.4) is 0 Å². The number of esters is 1. The second-order valence-electron chi connectivity index (χ2n) is 4.62. The van der Waals surface area contributed by atoms with Gasteiger partial charge in [-0.3, -0.25) is 4.79 Å². The first kappa shape index (κ1) is 17.3. The minimum atomic E-state index is -0.204. The van der Waals surface area contributed by atoms with Crippen molar-refractivity contribution in [1.82, 2.24) is 0 Å². The molecule has 2 rings (SSSR count). The number of carbonyl (C=O) groups is 1. The van der Waals surface area contributed by atoms with Crippen LogP contribution in [0.1, 0.15) is 6.42 Å². The quantitative estimate of drug-likeness (QED) is 0.465. The van der Waals surface area contributed by atoms with E-state index in [0.29, 0.717) is 17.3 Å². The number of thiocarbonyl (C=S) groups is 1. The Bertz CT molecular complexity index is 663. The maximum atomic E-state index is 11.2. The first-order valence-corrected chi connectivity index (χ1v) is 8.50. The van der Waals surface area contributed by atoms with Crippen molar-refractivity contribution in [3.05, 3.63) is 54.6 Å². The molecule has 0 atom stereocenters. The average Bonchev–Trinajstić information content (AvgIpc) is 2.57. The van der Waals surface area contributed by atoms with Gasteiger partial charge in [0.05, 0.1) is 19.2 Å². The summed E-state index contributed by atoms with van der Waals surface area (Å²) < 4.78 is 4.65. The highest BCUT2D eigenvalue weighted by molar-refractivity contribution is 7.99. The number of hydrogen-bond acceptors (Lipinski definition) is 4. The van der Waals surface area contributed by atoms with Crippen molar-refractivity contribution < 1.29 is 9.53 Å². The summed E-state index contributed by atoms with van der Waals surface area (Å²) in [7, 11) is 1.40. The van der Waals surface area contributed by atoms with Crippen LogP contribution in [0.15, 0.2) is 59.5 Å². The molecule has 0 saturated heterocycles. The van der Waals surface area contributed by atoms with Gasteiger partial charge in [0.15, 0.2) is 5.11 Å². The Kier molecular flexibility index (Phi) is 6.90. The normalized spacial score (nSPS) is 9.96. The van der Waals surface area contributed by atoms with Crippen LogP contribution in [0.25, 0.3) is 0 Å². The van der Waals surface area contributed by atoms with E-state index in [1.165, 1.54) is 7.11 Å². The van der Waals surface area contributed by atoms with Gasteiger partial charge in [-0.1, -0.05) is 30.3 Å². The molecule has 0 bridgehead atoms. The van der Waals surface area contributed by atoms with Crippen LogP contribution in [0, 0.1) is 0 Å². The second-order valence-corrected chi connectivity index (χ2v) is 6.16. The Morgan fingerprint density at radius 2 is 1.78 bits per heavy atom. The van der Waals surface area contributed by atoms with Crippen LogP contribution < -0.4 is 10.6 Å². The minimum absolute atomic E-state index is 0.204. The minimum Gasteiger partial charge on any atom is -0.469 e. The molecule has 0 amide bonds. The molecule has 23 heavy (non-hydrogen) atoms.